The average Bonchev–Trinajstić information content (AvgIpc) is 2.92. The van der Waals surface area contributed by atoms with Crippen molar-refractivity contribution < 1.29 is 0 Å². The molecule has 114 valence electrons. The second-order valence-corrected chi connectivity index (χ2v) is 6.30. The molecule has 5 heteroatoms. The summed E-state index contributed by atoms with van der Waals surface area (Å²) in [7, 11) is 4.01. The Balaban J connectivity index is 2.01. The lowest BCUT2D eigenvalue weighted by molar-refractivity contribution is 0.273. The van der Waals surface area contributed by atoms with E-state index >= 15 is 0 Å². The Hall–Kier alpha value is -1.62. The number of rotatable bonds is 4. The predicted octanol–water partition coefficient (Wildman–Crippen LogP) is 2.45. The lowest BCUT2D eigenvalue weighted by Crippen LogP contribution is -2.40. The zero-order valence-electron chi connectivity index (χ0n) is 13.2. The van der Waals surface area contributed by atoms with Gasteiger partial charge in [0.25, 0.3) is 0 Å². The molecule has 5 nitrogen and oxygen atoms in total. The fourth-order valence-corrected chi connectivity index (χ4v) is 3.37. The van der Waals surface area contributed by atoms with Gasteiger partial charge in [0.15, 0.2) is 5.65 Å². The third kappa shape index (κ3) is 2.62. The maximum atomic E-state index is 4.85. The maximum absolute atomic E-state index is 4.85. The number of nitrogens with zero attached hydrogens (tertiary/aromatic N) is 3. The Bertz CT molecular complexity index is 605. The van der Waals surface area contributed by atoms with Crippen molar-refractivity contribution in [2.75, 3.05) is 32.1 Å². The van der Waals surface area contributed by atoms with E-state index in [4.69, 9.17) is 4.98 Å². The number of piperidine rings is 1. The summed E-state index contributed by atoms with van der Waals surface area (Å²) in [4.78, 5) is 15.0. The third-order valence-corrected chi connectivity index (χ3v) is 4.58. The van der Waals surface area contributed by atoms with Gasteiger partial charge in [-0.05, 0) is 44.5 Å². The van der Waals surface area contributed by atoms with Gasteiger partial charge < -0.3 is 15.2 Å². The SMILES string of the molecule is CCCC1(c2nc3nc(N(C)C)ccc3[nH]2)CCNCC1. The molecule has 0 radical (unpaired) electrons. The van der Waals surface area contributed by atoms with Gasteiger partial charge in [-0.1, -0.05) is 13.3 Å². The number of H-pyrrole nitrogens is 1. The van der Waals surface area contributed by atoms with Crippen molar-refractivity contribution in [3.8, 4) is 0 Å². The molecule has 3 rings (SSSR count). The first-order chi connectivity index (χ1) is 10.1. The molecule has 2 N–H and O–H groups in total. The van der Waals surface area contributed by atoms with E-state index < -0.39 is 0 Å². The summed E-state index contributed by atoms with van der Waals surface area (Å²) in [5.41, 5.74) is 2.08. The van der Waals surface area contributed by atoms with E-state index in [0.717, 1.165) is 48.7 Å². The van der Waals surface area contributed by atoms with E-state index in [2.05, 4.69) is 28.3 Å². The van der Waals surface area contributed by atoms with Gasteiger partial charge in [0.2, 0.25) is 0 Å². The van der Waals surface area contributed by atoms with Crippen LogP contribution < -0.4 is 10.2 Å². The summed E-state index contributed by atoms with van der Waals surface area (Å²) in [5, 5.41) is 3.46. The monoisotopic (exact) mass is 287 g/mol. The number of anilines is 1. The van der Waals surface area contributed by atoms with Crippen molar-refractivity contribution in [3.63, 3.8) is 0 Å². The zero-order chi connectivity index (χ0) is 14.9. The first-order valence-electron chi connectivity index (χ1n) is 7.90. The normalized spacial score (nSPS) is 18.0. The van der Waals surface area contributed by atoms with E-state index in [1.54, 1.807) is 0 Å². The molecule has 0 aromatic carbocycles. The first kappa shape index (κ1) is 14.3. The van der Waals surface area contributed by atoms with Gasteiger partial charge in [-0.2, -0.15) is 0 Å². The van der Waals surface area contributed by atoms with Crippen molar-refractivity contribution >= 4 is 17.0 Å². The summed E-state index contributed by atoms with van der Waals surface area (Å²) in [6.07, 6.45) is 4.69. The van der Waals surface area contributed by atoms with Crippen molar-refractivity contribution in [1.82, 2.24) is 20.3 Å². The lowest BCUT2D eigenvalue weighted by atomic mass is 9.75. The van der Waals surface area contributed by atoms with Crippen LogP contribution in [0.15, 0.2) is 12.1 Å². The van der Waals surface area contributed by atoms with Crippen LogP contribution in [0.5, 0.6) is 0 Å². The third-order valence-electron chi connectivity index (χ3n) is 4.58. The number of aromatic amines is 1. The highest BCUT2D eigenvalue weighted by Crippen LogP contribution is 2.37. The van der Waals surface area contributed by atoms with Crippen LogP contribution in [-0.2, 0) is 5.41 Å². The molecular formula is C16H25N5. The topological polar surface area (TPSA) is 56.8 Å². The fraction of sp³-hybridized carbons (Fsp3) is 0.625. The quantitative estimate of drug-likeness (QED) is 0.907. The van der Waals surface area contributed by atoms with E-state index in [-0.39, 0.29) is 5.41 Å². The van der Waals surface area contributed by atoms with Crippen LogP contribution in [0.3, 0.4) is 0 Å². The summed E-state index contributed by atoms with van der Waals surface area (Å²) in [5.74, 6) is 2.08. The molecule has 1 aliphatic heterocycles. The number of fused-ring (bicyclic) bond motifs is 1. The molecule has 1 saturated heterocycles. The van der Waals surface area contributed by atoms with Gasteiger partial charge >= 0.3 is 0 Å². The summed E-state index contributed by atoms with van der Waals surface area (Å²) >= 11 is 0. The van der Waals surface area contributed by atoms with E-state index in [1.165, 1.54) is 12.8 Å². The van der Waals surface area contributed by atoms with Crippen molar-refractivity contribution in [3.05, 3.63) is 18.0 Å². The molecule has 1 aliphatic rings. The Labute approximate surface area is 126 Å². The molecule has 21 heavy (non-hydrogen) atoms. The first-order valence-corrected chi connectivity index (χ1v) is 7.90. The molecule has 0 aliphatic carbocycles. The molecule has 2 aromatic heterocycles. The summed E-state index contributed by atoms with van der Waals surface area (Å²) in [6.45, 7) is 4.41. The Morgan fingerprint density at radius 2 is 1.95 bits per heavy atom. The molecule has 2 aromatic rings. The van der Waals surface area contributed by atoms with Gasteiger partial charge in [-0.25, -0.2) is 9.97 Å². The number of hydrogen-bond donors (Lipinski definition) is 2. The minimum Gasteiger partial charge on any atom is -0.363 e. The predicted molar refractivity (Wildman–Crippen MR) is 86.9 cm³/mol. The molecule has 0 saturated carbocycles. The van der Waals surface area contributed by atoms with Crippen LogP contribution in [0.1, 0.15) is 38.4 Å². The van der Waals surface area contributed by atoms with Crippen molar-refractivity contribution in [2.45, 2.75) is 38.0 Å². The van der Waals surface area contributed by atoms with E-state index in [0.29, 0.717) is 0 Å². The minimum absolute atomic E-state index is 0.193. The molecular weight excluding hydrogens is 262 g/mol. The highest BCUT2D eigenvalue weighted by Gasteiger charge is 2.36. The molecule has 0 amide bonds. The van der Waals surface area contributed by atoms with Gasteiger partial charge in [-0.3, -0.25) is 0 Å². The second-order valence-electron chi connectivity index (χ2n) is 6.30. The maximum Gasteiger partial charge on any atom is 0.179 e. The Kier molecular flexibility index (Phi) is 3.85. The molecule has 1 fully saturated rings. The van der Waals surface area contributed by atoms with Crippen LogP contribution in [0.25, 0.3) is 11.2 Å². The highest BCUT2D eigenvalue weighted by atomic mass is 15.2. The molecule has 3 heterocycles. The Morgan fingerprint density at radius 3 is 2.62 bits per heavy atom. The summed E-state index contributed by atoms with van der Waals surface area (Å²) in [6, 6.07) is 4.13. The van der Waals surface area contributed by atoms with Gasteiger partial charge in [0, 0.05) is 19.5 Å². The molecule has 0 bridgehead atoms. The van der Waals surface area contributed by atoms with Crippen molar-refractivity contribution in [1.29, 1.82) is 0 Å². The number of hydrogen-bond acceptors (Lipinski definition) is 4. The van der Waals surface area contributed by atoms with Crippen molar-refractivity contribution in [2.24, 2.45) is 0 Å². The number of imidazole rings is 1. The van der Waals surface area contributed by atoms with Gasteiger partial charge in [0.05, 0.1) is 5.52 Å². The molecule has 0 atom stereocenters. The largest absolute Gasteiger partial charge is 0.363 e. The van der Waals surface area contributed by atoms with Crippen LogP contribution in [0, 0.1) is 0 Å². The zero-order valence-corrected chi connectivity index (χ0v) is 13.2. The van der Waals surface area contributed by atoms with E-state index in [1.807, 2.05) is 25.1 Å². The average molecular weight is 287 g/mol. The molecule has 0 unspecified atom stereocenters. The van der Waals surface area contributed by atoms with E-state index in [9.17, 15) is 0 Å². The smallest absolute Gasteiger partial charge is 0.179 e. The number of aromatic nitrogens is 3. The highest BCUT2D eigenvalue weighted by molar-refractivity contribution is 5.73. The van der Waals surface area contributed by atoms with Crippen LogP contribution in [0.4, 0.5) is 5.82 Å². The van der Waals surface area contributed by atoms with Gasteiger partial charge in [0.1, 0.15) is 11.6 Å². The number of nitrogens with one attached hydrogen (secondary N) is 2. The fourth-order valence-electron chi connectivity index (χ4n) is 3.37. The van der Waals surface area contributed by atoms with Crippen LogP contribution in [-0.4, -0.2) is 42.1 Å². The standard InChI is InChI=1S/C16H25N5/c1-4-7-16(8-10-17-11-9-16)15-18-12-5-6-13(21(2)3)19-14(12)20-15/h5-6,17H,4,7-11H2,1-3H3,(H,18,19,20). The van der Waals surface area contributed by atoms with Crippen LogP contribution in [0.2, 0.25) is 0 Å². The molecule has 0 spiro atoms. The van der Waals surface area contributed by atoms with Gasteiger partial charge in [-0.15, -0.1) is 0 Å². The van der Waals surface area contributed by atoms with Crippen LogP contribution >= 0.6 is 0 Å². The summed E-state index contributed by atoms with van der Waals surface area (Å²) < 4.78 is 0. The second kappa shape index (κ2) is 5.64. The number of pyridine rings is 1. The Morgan fingerprint density at radius 1 is 1.19 bits per heavy atom. The lowest BCUT2D eigenvalue weighted by Gasteiger charge is -2.35. The minimum atomic E-state index is 0.193.